The van der Waals surface area contributed by atoms with Crippen molar-refractivity contribution in [3.8, 4) is 11.5 Å². The van der Waals surface area contributed by atoms with E-state index in [-0.39, 0.29) is 30.7 Å². The second-order valence-electron chi connectivity index (χ2n) is 8.33. The molecule has 0 unspecified atom stereocenters. The zero-order chi connectivity index (χ0) is 23.5. The van der Waals surface area contributed by atoms with Gasteiger partial charge in [-0.1, -0.05) is 13.8 Å². The van der Waals surface area contributed by atoms with Crippen LogP contribution in [0, 0.1) is 5.92 Å². The number of amides is 2. The van der Waals surface area contributed by atoms with E-state index in [1.165, 1.54) is 12.5 Å². The van der Waals surface area contributed by atoms with Crippen LogP contribution in [0.3, 0.4) is 0 Å². The second kappa shape index (κ2) is 9.40. The Hall–Kier alpha value is -3.75. The Kier molecular flexibility index (Phi) is 6.39. The van der Waals surface area contributed by atoms with Gasteiger partial charge in [-0.2, -0.15) is 0 Å². The third-order valence-corrected chi connectivity index (χ3v) is 5.51. The van der Waals surface area contributed by atoms with Crippen molar-refractivity contribution in [2.75, 3.05) is 6.79 Å². The van der Waals surface area contributed by atoms with Gasteiger partial charge in [0.1, 0.15) is 17.4 Å². The molecule has 2 N–H and O–H groups in total. The van der Waals surface area contributed by atoms with Gasteiger partial charge < -0.3 is 29.1 Å². The number of carbonyl (C=O) groups is 2. The van der Waals surface area contributed by atoms with Crippen molar-refractivity contribution >= 4 is 22.7 Å². The van der Waals surface area contributed by atoms with Crippen molar-refractivity contribution < 1.29 is 23.5 Å². The molecule has 1 aliphatic heterocycles. The summed E-state index contributed by atoms with van der Waals surface area (Å²) >= 11 is 0. The van der Waals surface area contributed by atoms with Gasteiger partial charge in [0.05, 0.1) is 23.7 Å². The first-order valence-electron chi connectivity index (χ1n) is 10.9. The fourth-order valence-corrected chi connectivity index (χ4v) is 3.85. The maximum Gasteiger partial charge on any atom is 0.257 e. The molecule has 0 radical (unpaired) electrons. The Morgan fingerprint density at radius 3 is 2.61 bits per heavy atom. The highest BCUT2D eigenvalue weighted by molar-refractivity contribution is 6.00. The Morgan fingerprint density at radius 2 is 1.94 bits per heavy atom. The SMILES string of the molecule is CCn1cc(C(=O)N[C@@H](CC(C)C)C(=O)NCc2ccco2)c(=O)c2cc3c(cc21)OCO3. The number of carbonyl (C=O) groups excluding carboxylic acids is 2. The van der Waals surface area contributed by atoms with Crippen LogP contribution in [0.1, 0.15) is 43.3 Å². The van der Waals surface area contributed by atoms with E-state index < -0.39 is 17.4 Å². The third kappa shape index (κ3) is 4.72. The van der Waals surface area contributed by atoms with Gasteiger partial charge in [0.2, 0.25) is 18.1 Å². The highest BCUT2D eigenvalue weighted by atomic mass is 16.7. The number of ether oxygens (including phenoxy) is 2. The van der Waals surface area contributed by atoms with Gasteiger partial charge in [-0.25, -0.2) is 0 Å². The summed E-state index contributed by atoms with van der Waals surface area (Å²) in [7, 11) is 0. The van der Waals surface area contributed by atoms with Crippen molar-refractivity contribution in [3.05, 3.63) is 58.3 Å². The number of fused-ring (bicyclic) bond motifs is 2. The molecule has 9 heteroatoms. The fraction of sp³-hybridized carbons (Fsp3) is 0.375. The van der Waals surface area contributed by atoms with Crippen LogP contribution in [-0.4, -0.2) is 29.2 Å². The monoisotopic (exact) mass is 453 g/mol. The summed E-state index contributed by atoms with van der Waals surface area (Å²) in [4.78, 5) is 39.2. The van der Waals surface area contributed by atoms with Crippen LogP contribution in [0.25, 0.3) is 10.9 Å². The van der Waals surface area contributed by atoms with E-state index in [0.29, 0.717) is 41.1 Å². The van der Waals surface area contributed by atoms with E-state index in [1.807, 2.05) is 25.3 Å². The Morgan fingerprint density at radius 1 is 1.18 bits per heavy atom. The van der Waals surface area contributed by atoms with Crippen LogP contribution in [-0.2, 0) is 17.9 Å². The maximum absolute atomic E-state index is 13.2. The van der Waals surface area contributed by atoms with Gasteiger partial charge in [0.15, 0.2) is 11.5 Å². The third-order valence-electron chi connectivity index (χ3n) is 5.51. The van der Waals surface area contributed by atoms with Gasteiger partial charge in [0, 0.05) is 18.8 Å². The van der Waals surface area contributed by atoms with Gasteiger partial charge in [-0.3, -0.25) is 14.4 Å². The number of hydrogen-bond acceptors (Lipinski definition) is 6. The molecule has 1 aromatic carbocycles. The highest BCUT2D eigenvalue weighted by Crippen LogP contribution is 2.35. The molecule has 0 bridgehead atoms. The molecular formula is C24H27N3O6. The number of nitrogens with zero attached hydrogens (tertiary/aromatic N) is 1. The minimum Gasteiger partial charge on any atom is -0.467 e. The van der Waals surface area contributed by atoms with Crippen LogP contribution < -0.4 is 25.5 Å². The molecule has 2 aromatic heterocycles. The number of pyridine rings is 1. The van der Waals surface area contributed by atoms with Gasteiger partial charge >= 0.3 is 0 Å². The van der Waals surface area contributed by atoms with Crippen molar-refractivity contribution in [1.82, 2.24) is 15.2 Å². The van der Waals surface area contributed by atoms with Gasteiger partial charge in [-0.15, -0.1) is 0 Å². The van der Waals surface area contributed by atoms with Crippen LogP contribution in [0.5, 0.6) is 11.5 Å². The lowest BCUT2D eigenvalue weighted by Crippen LogP contribution is -2.48. The molecule has 3 heterocycles. The van der Waals surface area contributed by atoms with Crippen molar-refractivity contribution in [2.24, 2.45) is 5.92 Å². The molecule has 0 saturated heterocycles. The summed E-state index contributed by atoms with van der Waals surface area (Å²) < 4.78 is 17.9. The van der Waals surface area contributed by atoms with Crippen LogP contribution in [0.15, 0.2) is 45.9 Å². The van der Waals surface area contributed by atoms with Crippen molar-refractivity contribution in [2.45, 2.75) is 46.3 Å². The summed E-state index contributed by atoms with van der Waals surface area (Å²) in [5.41, 5.74) is 0.193. The molecule has 0 spiro atoms. The average Bonchev–Trinajstić information content (AvgIpc) is 3.47. The summed E-state index contributed by atoms with van der Waals surface area (Å²) in [6.45, 7) is 6.67. The van der Waals surface area contributed by atoms with E-state index in [1.54, 1.807) is 24.3 Å². The normalized spacial score (nSPS) is 13.3. The molecule has 4 rings (SSSR count). The number of furan rings is 1. The second-order valence-corrected chi connectivity index (χ2v) is 8.33. The summed E-state index contributed by atoms with van der Waals surface area (Å²) in [5.74, 6) is 0.848. The number of nitrogens with one attached hydrogen (secondary N) is 2. The van der Waals surface area contributed by atoms with E-state index in [2.05, 4.69) is 10.6 Å². The van der Waals surface area contributed by atoms with Crippen molar-refractivity contribution in [3.63, 3.8) is 0 Å². The first-order valence-corrected chi connectivity index (χ1v) is 10.9. The minimum absolute atomic E-state index is 0.0317. The number of aryl methyl sites for hydroxylation is 1. The number of rotatable bonds is 8. The maximum atomic E-state index is 13.2. The van der Waals surface area contributed by atoms with Crippen LogP contribution in [0.4, 0.5) is 0 Å². The Bertz CT molecular complexity index is 1230. The zero-order valence-corrected chi connectivity index (χ0v) is 18.8. The lowest BCUT2D eigenvalue weighted by Gasteiger charge is -2.20. The van der Waals surface area contributed by atoms with Gasteiger partial charge in [0.25, 0.3) is 5.91 Å². The quantitative estimate of drug-likeness (QED) is 0.543. The first-order chi connectivity index (χ1) is 15.9. The van der Waals surface area contributed by atoms with Crippen molar-refractivity contribution in [1.29, 1.82) is 0 Å². The van der Waals surface area contributed by atoms with Crippen LogP contribution in [0.2, 0.25) is 0 Å². The molecule has 1 aliphatic rings. The lowest BCUT2D eigenvalue weighted by molar-refractivity contribution is -0.123. The van der Waals surface area contributed by atoms with Crippen LogP contribution >= 0.6 is 0 Å². The fourth-order valence-electron chi connectivity index (χ4n) is 3.85. The standard InChI is InChI=1S/C24H27N3O6/c1-4-27-12-17(22(28)16-9-20-21(10-19(16)27)33-13-32-20)23(29)26-18(8-14(2)3)24(30)25-11-15-6-5-7-31-15/h5-7,9-10,12,14,18H,4,8,11,13H2,1-3H3,(H,25,30)(H,26,29)/t18-/m0/s1. The molecule has 0 fully saturated rings. The Balaban J connectivity index is 1.61. The topological polar surface area (TPSA) is 112 Å². The molecule has 9 nitrogen and oxygen atoms in total. The molecule has 33 heavy (non-hydrogen) atoms. The Labute approximate surface area is 190 Å². The predicted octanol–water partition coefficient (Wildman–Crippen LogP) is 2.80. The van der Waals surface area contributed by atoms with E-state index in [4.69, 9.17) is 13.9 Å². The zero-order valence-electron chi connectivity index (χ0n) is 18.8. The molecule has 174 valence electrons. The molecule has 0 saturated carbocycles. The molecule has 2 amide bonds. The number of benzene rings is 1. The first kappa shape index (κ1) is 22.4. The summed E-state index contributed by atoms with van der Waals surface area (Å²) in [6, 6.07) is 6.04. The van der Waals surface area contributed by atoms with E-state index >= 15 is 0 Å². The smallest absolute Gasteiger partial charge is 0.257 e. The predicted molar refractivity (Wildman–Crippen MR) is 121 cm³/mol. The van der Waals surface area contributed by atoms with Gasteiger partial charge in [-0.05, 0) is 37.5 Å². The number of aromatic nitrogens is 1. The van der Waals surface area contributed by atoms with E-state index in [9.17, 15) is 14.4 Å². The summed E-state index contributed by atoms with van der Waals surface area (Å²) in [5, 5.41) is 5.89. The van der Waals surface area contributed by atoms with E-state index in [0.717, 1.165) is 0 Å². The molecule has 0 aliphatic carbocycles. The largest absolute Gasteiger partial charge is 0.467 e. The molecule has 1 atom stereocenters. The average molecular weight is 453 g/mol. The summed E-state index contributed by atoms with van der Waals surface area (Å²) in [6.07, 6.45) is 3.47. The molecule has 3 aromatic rings. The molecular weight excluding hydrogens is 426 g/mol. The number of hydrogen-bond donors (Lipinski definition) is 2. The highest BCUT2D eigenvalue weighted by Gasteiger charge is 2.25. The minimum atomic E-state index is -0.797. The lowest BCUT2D eigenvalue weighted by atomic mass is 10.0.